The molecule has 0 atom stereocenters. The summed E-state index contributed by atoms with van der Waals surface area (Å²) in [6.45, 7) is 2.64. The number of aryl methyl sites for hydroxylation is 1. The third-order valence-corrected chi connectivity index (χ3v) is 3.16. The second-order valence-corrected chi connectivity index (χ2v) is 4.71. The lowest BCUT2D eigenvalue weighted by Gasteiger charge is -2.08. The van der Waals surface area contributed by atoms with Crippen LogP contribution in [0.5, 0.6) is 5.88 Å². The Bertz CT molecular complexity index is 528. The smallest absolute Gasteiger partial charge is 0.238 e. The van der Waals surface area contributed by atoms with Crippen LogP contribution in [-0.4, -0.2) is 26.4 Å². The fraction of sp³-hybridized carbons (Fsp3) is 0.364. The number of nitrogen functional groups attached to an aromatic ring is 1. The highest BCUT2D eigenvalue weighted by molar-refractivity contribution is 7.99. The van der Waals surface area contributed by atoms with E-state index in [4.69, 9.17) is 10.5 Å². The average Bonchev–Trinajstić information content (AvgIpc) is 2.76. The van der Waals surface area contributed by atoms with Gasteiger partial charge in [-0.3, -0.25) is 0 Å². The van der Waals surface area contributed by atoms with E-state index in [0.29, 0.717) is 18.2 Å². The molecule has 0 fully saturated rings. The van der Waals surface area contributed by atoms with Crippen molar-refractivity contribution in [2.45, 2.75) is 23.5 Å². The van der Waals surface area contributed by atoms with Crippen molar-refractivity contribution in [3.8, 4) is 5.88 Å². The quantitative estimate of drug-likeness (QED) is 0.887. The van der Waals surface area contributed by atoms with Crippen molar-refractivity contribution in [2.24, 2.45) is 7.05 Å². The number of hydrogen-bond acceptors (Lipinski definition) is 6. The second-order valence-electron chi connectivity index (χ2n) is 3.72. The van der Waals surface area contributed by atoms with Crippen LogP contribution in [0, 0.1) is 0 Å². The largest absolute Gasteiger partial charge is 0.476 e. The molecule has 0 bridgehead atoms. The molecule has 0 aromatic carbocycles. The van der Waals surface area contributed by atoms with Gasteiger partial charge in [0, 0.05) is 7.05 Å². The van der Waals surface area contributed by atoms with Gasteiger partial charge >= 0.3 is 0 Å². The summed E-state index contributed by atoms with van der Waals surface area (Å²) in [4.78, 5) is 4.36. The lowest BCUT2D eigenvalue weighted by molar-refractivity contribution is 0.305. The molecule has 0 saturated heterocycles. The van der Waals surface area contributed by atoms with E-state index in [2.05, 4.69) is 15.2 Å². The van der Waals surface area contributed by atoms with Gasteiger partial charge in [-0.1, -0.05) is 6.92 Å². The molecule has 2 aromatic heterocycles. The summed E-state index contributed by atoms with van der Waals surface area (Å²) in [5.41, 5.74) is 6.35. The summed E-state index contributed by atoms with van der Waals surface area (Å²) < 4.78 is 7.31. The van der Waals surface area contributed by atoms with Crippen LogP contribution in [0.25, 0.3) is 0 Å². The molecule has 2 rings (SSSR count). The molecule has 0 spiro atoms. The lowest BCUT2D eigenvalue weighted by atomic mass is 10.4. The number of nitrogens with zero attached hydrogens (tertiary/aromatic N) is 4. The Hall–Kier alpha value is -1.76. The molecule has 0 aliphatic carbocycles. The first-order chi connectivity index (χ1) is 8.70. The van der Waals surface area contributed by atoms with Gasteiger partial charge in [0.05, 0.1) is 12.3 Å². The Morgan fingerprint density at radius 3 is 2.94 bits per heavy atom. The zero-order valence-corrected chi connectivity index (χ0v) is 11.1. The Morgan fingerprint density at radius 1 is 1.44 bits per heavy atom. The highest BCUT2D eigenvalue weighted by Crippen LogP contribution is 2.28. The van der Waals surface area contributed by atoms with Crippen molar-refractivity contribution in [3.05, 3.63) is 18.5 Å². The Labute approximate surface area is 110 Å². The molecule has 0 aliphatic rings. The van der Waals surface area contributed by atoms with Crippen LogP contribution in [0.15, 0.2) is 28.6 Å². The van der Waals surface area contributed by atoms with Crippen LogP contribution in [0.3, 0.4) is 0 Å². The van der Waals surface area contributed by atoms with Crippen LogP contribution in [0.1, 0.15) is 13.3 Å². The van der Waals surface area contributed by atoms with E-state index in [1.54, 1.807) is 12.4 Å². The topological polar surface area (TPSA) is 78.9 Å². The van der Waals surface area contributed by atoms with Gasteiger partial charge in [0.2, 0.25) is 5.88 Å². The molecule has 0 saturated carbocycles. The first-order valence-electron chi connectivity index (χ1n) is 5.62. The number of pyridine rings is 1. The maximum atomic E-state index is 5.80. The molecule has 18 heavy (non-hydrogen) atoms. The maximum absolute atomic E-state index is 5.80. The van der Waals surface area contributed by atoms with Gasteiger partial charge in [-0.15, -0.1) is 10.2 Å². The van der Waals surface area contributed by atoms with E-state index in [-0.39, 0.29) is 0 Å². The van der Waals surface area contributed by atoms with E-state index in [9.17, 15) is 0 Å². The van der Waals surface area contributed by atoms with E-state index < -0.39 is 0 Å². The van der Waals surface area contributed by atoms with Crippen molar-refractivity contribution in [2.75, 3.05) is 12.3 Å². The second kappa shape index (κ2) is 5.72. The summed E-state index contributed by atoms with van der Waals surface area (Å²) in [7, 11) is 1.88. The van der Waals surface area contributed by atoms with Crippen molar-refractivity contribution in [3.63, 3.8) is 0 Å². The fourth-order valence-corrected chi connectivity index (χ4v) is 1.99. The molecule has 6 nitrogen and oxygen atoms in total. The van der Waals surface area contributed by atoms with Gasteiger partial charge in [-0.05, 0) is 30.3 Å². The molecule has 0 radical (unpaired) electrons. The van der Waals surface area contributed by atoms with Crippen molar-refractivity contribution < 1.29 is 4.74 Å². The van der Waals surface area contributed by atoms with E-state index >= 15 is 0 Å². The minimum Gasteiger partial charge on any atom is -0.476 e. The van der Waals surface area contributed by atoms with Gasteiger partial charge in [-0.25, -0.2) is 4.98 Å². The van der Waals surface area contributed by atoms with Crippen molar-refractivity contribution in [1.29, 1.82) is 0 Å². The summed E-state index contributed by atoms with van der Waals surface area (Å²) in [5, 5.41) is 9.36. The molecule has 0 aliphatic heterocycles. The Balaban J connectivity index is 2.16. The van der Waals surface area contributed by atoms with E-state index in [1.807, 2.05) is 24.6 Å². The van der Waals surface area contributed by atoms with Gasteiger partial charge in [0.15, 0.2) is 5.16 Å². The number of nitrogens with two attached hydrogens (primary N) is 1. The summed E-state index contributed by atoms with van der Waals surface area (Å²) in [6, 6.07) is 3.63. The summed E-state index contributed by atoms with van der Waals surface area (Å²) in [5.74, 6) is 0.476. The highest BCUT2D eigenvalue weighted by Gasteiger charge is 2.08. The lowest BCUT2D eigenvalue weighted by Crippen LogP contribution is -2.02. The number of aromatic nitrogens is 4. The molecule has 0 unspecified atom stereocenters. The molecule has 2 aromatic rings. The predicted octanol–water partition coefficient (Wildman–Crippen LogP) is 1.73. The van der Waals surface area contributed by atoms with Crippen molar-refractivity contribution in [1.82, 2.24) is 19.7 Å². The van der Waals surface area contributed by atoms with Crippen LogP contribution in [0.4, 0.5) is 5.69 Å². The summed E-state index contributed by atoms with van der Waals surface area (Å²) >= 11 is 1.42. The normalized spacial score (nSPS) is 10.6. The molecule has 2 N–H and O–H groups in total. The molecule has 96 valence electrons. The van der Waals surface area contributed by atoms with Gasteiger partial charge < -0.3 is 15.0 Å². The van der Waals surface area contributed by atoms with Gasteiger partial charge in [-0.2, -0.15) is 0 Å². The zero-order valence-electron chi connectivity index (χ0n) is 10.3. The maximum Gasteiger partial charge on any atom is 0.238 e. The van der Waals surface area contributed by atoms with E-state index in [0.717, 1.165) is 16.6 Å². The van der Waals surface area contributed by atoms with Crippen LogP contribution >= 0.6 is 11.8 Å². The standard InChI is InChI=1S/C11H15N5OS/c1-3-6-17-10-8(12)4-5-9(14-10)18-11-15-13-7-16(11)2/h4-5,7H,3,6,12H2,1-2H3. The minimum atomic E-state index is 0.476. The van der Waals surface area contributed by atoms with Crippen LogP contribution < -0.4 is 10.5 Å². The molecular weight excluding hydrogens is 250 g/mol. The SMILES string of the molecule is CCCOc1nc(Sc2nncn2C)ccc1N. The van der Waals surface area contributed by atoms with Gasteiger partial charge in [0.1, 0.15) is 11.4 Å². The average molecular weight is 265 g/mol. The van der Waals surface area contributed by atoms with E-state index in [1.165, 1.54) is 11.8 Å². The molecule has 7 heteroatoms. The van der Waals surface area contributed by atoms with Crippen LogP contribution in [0.2, 0.25) is 0 Å². The third kappa shape index (κ3) is 2.92. The highest BCUT2D eigenvalue weighted by atomic mass is 32.2. The molecular formula is C11H15N5OS. The number of ether oxygens (including phenoxy) is 1. The number of rotatable bonds is 5. The first kappa shape index (κ1) is 12.7. The minimum absolute atomic E-state index is 0.476. The monoisotopic (exact) mass is 265 g/mol. The summed E-state index contributed by atoms with van der Waals surface area (Å²) in [6.07, 6.45) is 2.57. The predicted molar refractivity (Wildman–Crippen MR) is 69.6 cm³/mol. The molecule has 0 amide bonds. The van der Waals surface area contributed by atoms with Crippen LogP contribution in [-0.2, 0) is 7.05 Å². The third-order valence-electron chi connectivity index (χ3n) is 2.17. The first-order valence-corrected chi connectivity index (χ1v) is 6.43. The Kier molecular flexibility index (Phi) is 4.03. The van der Waals surface area contributed by atoms with Gasteiger partial charge in [0.25, 0.3) is 0 Å². The number of hydrogen-bond donors (Lipinski definition) is 1. The fourth-order valence-electron chi connectivity index (χ4n) is 1.26. The molecule has 2 heterocycles. The number of anilines is 1. The zero-order chi connectivity index (χ0) is 13.0. The Morgan fingerprint density at radius 2 is 2.28 bits per heavy atom. The van der Waals surface area contributed by atoms with Crippen molar-refractivity contribution >= 4 is 17.4 Å².